The fourth-order valence-corrected chi connectivity index (χ4v) is 3.58. The molecule has 0 rings (SSSR count). The van der Waals surface area contributed by atoms with E-state index < -0.39 is 0 Å². The lowest BCUT2D eigenvalue weighted by Gasteiger charge is -2.52. The molecule has 0 heterocycles. The van der Waals surface area contributed by atoms with Gasteiger partial charge in [0.25, 0.3) is 0 Å². The Morgan fingerprint density at radius 3 is 0.643 bits per heavy atom. The van der Waals surface area contributed by atoms with Crippen molar-refractivity contribution in [3.8, 4) is 0 Å². The molecule has 0 atom stereocenters. The third-order valence-corrected chi connectivity index (χ3v) is 3.58. The van der Waals surface area contributed by atoms with Crippen LogP contribution in [-0.4, -0.2) is 34.1 Å². The zero-order valence-corrected chi connectivity index (χ0v) is 11.2. The summed E-state index contributed by atoms with van der Waals surface area (Å²) in [5, 5.41) is 0. The molecule has 0 unspecified atom stereocenters. The Hall–Kier alpha value is -0.0800. The first-order valence-electron chi connectivity index (χ1n) is 5.65. The van der Waals surface area contributed by atoms with Gasteiger partial charge in [-0.2, -0.15) is 0 Å². The van der Waals surface area contributed by atoms with Gasteiger partial charge in [-0.15, -0.1) is 0 Å². The predicted molar refractivity (Wildman–Crippen MR) is 62.7 cm³/mol. The highest BCUT2D eigenvalue weighted by atomic mass is 16.0. The average Bonchev–Trinajstić information content (AvgIpc) is 1.82. The molecule has 0 fully saturated rings. The molecule has 0 aliphatic carbocycles. The largest absolute Gasteiger partial charge is 0.870 e. The molecule has 0 saturated carbocycles. The van der Waals surface area contributed by atoms with Crippen LogP contribution in [0, 0.1) is 0 Å². The number of hydrogen-bond donors (Lipinski definition) is 0. The van der Waals surface area contributed by atoms with Crippen LogP contribution in [0.1, 0.15) is 55.4 Å². The molecule has 1 N–H and O–H groups in total. The van der Waals surface area contributed by atoms with E-state index in [0.29, 0.717) is 24.2 Å². The zero-order chi connectivity index (χ0) is 10.8. The van der Waals surface area contributed by atoms with Gasteiger partial charge < -0.3 is 9.96 Å². The summed E-state index contributed by atoms with van der Waals surface area (Å²) in [6, 6.07) is 2.83. The van der Waals surface area contributed by atoms with Crippen molar-refractivity contribution in [2.45, 2.75) is 79.6 Å². The van der Waals surface area contributed by atoms with E-state index in [1.807, 2.05) is 0 Å². The van der Waals surface area contributed by atoms with Crippen LogP contribution in [0.3, 0.4) is 0 Å². The Morgan fingerprint density at radius 1 is 0.500 bits per heavy atom. The fraction of sp³-hybridized carbons (Fsp3) is 1.00. The molecule has 88 valence electrons. The number of nitrogens with zero attached hydrogens (tertiary/aromatic N) is 1. The van der Waals surface area contributed by atoms with E-state index in [1.54, 1.807) is 0 Å². The Labute approximate surface area is 90.2 Å². The van der Waals surface area contributed by atoms with Crippen molar-refractivity contribution in [2.24, 2.45) is 0 Å². The van der Waals surface area contributed by atoms with Crippen LogP contribution in [0.2, 0.25) is 0 Å². The van der Waals surface area contributed by atoms with Crippen molar-refractivity contribution in [3.05, 3.63) is 0 Å². The van der Waals surface area contributed by atoms with E-state index in [0.717, 1.165) is 0 Å². The van der Waals surface area contributed by atoms with Gasteiger partial charge in [-0.3, -0.25) is 0 Å². The van der Waals surface area contributed by atoms with Crippen molar-refractivity contribution in [3.63, 3.8) is 0 Å². The van der Waals surface area contributed by atoms with Crippen LogP contribution in [0.4, 0.5) is 0 Å². The summed E-state index contributed by atoms with van der Waals surface area (Å²) in [7, 11) is 0. The van der Waals surface area contributed by atoms with Gasteiger partial charge in [-0.1, -0.05) is 0 Å². The second-order valence-corrected chi connectivity index (χ2v) is 5.27. The first-order chi connectivity index (χ1) is 5.77. The smallest absolute Gasteiger partial charge is 0.0839 e. The molecule has 2 nitrogen and oxygen atoms in total. The van der Waals surface area contributed by atoms with Crippen LogP contribution in [0.25, 0.3) is 0 Å². The SMILES string of the molecule is CC(C)[N+](C(C)C)(C(C)C)C(C)C.[OH-]. The van der Waals surface area contributed by atoms with E-state index in [4.69, 9.17) is 0 Å². The van der Waals surface area contributed by atoms with Gasteiger partial charge in [0.05, 0.1) is 24.2 Å². The Kier molecular flexibility index (Phi) is 6.68. The number of rotatable bonds is 4. The summed E-state index contributed by atoms with van der Waals surface area (Å²) in [6.07, 6.45) is 0. The molecule has 0 spiro atoms. The summed E-state index contributed by atoms with van der Waals surface area (Å²) >= 11 is 0. The number of quaternary nitrogens is 1. The maximum atomic E-state index is 2.35. The van der Waals surface area contributed by atoms with Gasteiger partial charge in [0, 0.05) is 0 Å². The summed E-state index contributed by atoms with van der Waals surface area (Å²) in [5.41, 5.74) is 0. The Morgan fingerprint density at radius 2 is 0.643 bits per heavy atom. The third kappa shape index (κ3) is 2.48. The second-order valence-electron chi connectivity index (χ2n) is 5.27. The molecule has 0 aromatic heterocycles. The Balaban J connectivity index is 0. The highest BCUT2D eigenvalue weighted by Gasteiger charge is 2.40. The maximum absolute atomic E-state index is 2.35. The standard InChI is InChI=1S/C12H28N.H2O/c1-9(2)13(10(3)4,11(5)6)12(7)8;/h9-12H,1-8H3;1H2/q+1;/p-1. The minimum atomic E-state index is 0. The van der Waals surface area contributed by atoms with E-state index >= 15 is 0 Å². The lowest BCUT2D eigenvalue weighted by molar-refractivity contribution is -1.00. The van der Waals surface area contributed by atoms with E-state index in [2.05, 4.69) is 55.4 Å². The zero-order valence-electron chi connectivity index (χ0n) is 11.2. The number of hydrogen-bond acceptors (Lipinski definition) is 1. The summed E-state index contributed by atoms with van der Waals surface area (Å²) < 4.78 is 1.22. The van der Waals surface area contributed by atoms with Gasteiger partial charge in [0.2, 0.25) is 0 Å². The molecule has 0 bridgehead atoms. The van der Waals surface area contributed by atoms with E-state index in [-0.39, 0.29) is 5.48 Å². The lowest BCUT2D eigenvalue weighted by Crippen LogP contribution is -2.65. The van der Waals surface area contributed by atoms with E-state index in [1.165, 1.54) is 4.48 Å². The summed E-state index contributed by atoms with van der Waals surface area (Å²) in [5.74, 6) is 0. The molecule has 2 heteroatoms. The van der Waals surface area contributed by atoms with Crippen LogP contribution in [0.15, 0.2) is 0 Å². The molecule has 0 saturated heterocycles. The summed E-state index contributed by atoms with van der Waals surface area (Å²) in [6.45, 7) is 18.8. The van der Waals surface area contributed by atoms with Gasteiger partial charge >= 0.3 is 0 Å². The molecule has 0 aromatic carbocycles. The lowest BCUT2D eigenvalue weighted by atomic mass is 10.0. The van der Waals surface area contributed by atoms with Crippen molar-refractivity contribution in [1.82, 2.24) is 0 Å². The van der Waals surface area contributed by atoms with Crippen molar-refractivity contribution in [1.29, 1.82) is 0 Å². The highest BCUT2D eigenvalue weighted by molar-refractivity contribution is 4.61. The molecule has 0 aromatic rings. The predicted octanol–water partition coefficient (Wildman–Crippen LogP) is 3.26. The Bertz CT molecular complexity index is 113. The molecule has 0 aliphatic rings. The molecular formula is C12H29NO. The van der Waals surface area contributed by atoms with Crippen LogP contribution < -0.4 is 0 Å². The molecule has 14 heavy (non-hydrogen) atoms. The minimum Gasteiger partial charge on any atom is -0.870 e. The molecule has 0 amide bonds. The monoisotopic (exact) mass is 203 g/mol. The van der Waals surface area contributed by atoms with Crippen molar-refractivity contribution < 1.29 is 9.96 Å². The summed E-state index contributed by atoms with van der Waals surface area (Å²) in [4.78, 5) is 0. The van der Waals surface area contributed by atoms with Gasteiger partial charge in [-0.25, -0.2) is 0 Å². The topological polar surface area (TPSA) is 30.0 Å². The first kappa shape index (κ1) is 16.4. The van der Waals surface area contributed by atoms with Gasteiger partial charge in [0.1, 0.15) is 0 Å². The van der Waals surface area contributed by atoms with E-state index in [9.17, 15) is 0 Å². The average molecular weight is 203 g/mol. The normalized spacial score (nSPS) is 12.9. The molecule has 0 aliphatic heterocycles. The maximum Gasteiger partial charge on any atom is 0.0839 e. The molecular weight excluding hydrogens is 174 g/mol. The van der Waals surface area contributed by atoms with Crippen molar-refractivity contribution >= 4 is 0 Å². The fourth-order valence-electron chi connectivity index (χ4n) is 3.58. The quantitative estimate of drug-likeness (QED) is 0.645. The minimum absolute atomic E-state index is 0. The first-order valence-corrected chi connectivity index (χ1v) is 5.65. The van der Waals surface area contributed by atoms with Crippen LogP contribution >= 0.6 is 0 Å². The van der Waals surface area contributed by atoms with Crippen molar-refractivity contribution in [2.75, 3.05) is 0 Å². The second kappa shape index (κ2) is 5.72. The van der Waals surface area contributed by atoms with Gasteiger partial charge in [-0.05, 0) is 55.4 Å². The molecule has 0 radical (unpaired) electrons. The van der Waals surface area contributed by atoms with Crippen LogP contribution in [-0.2, 0) is 0 Å². The van der Waals surface area contributed by atoms with Crippen LogP contribution in [0.5, 0.6) is 0 Å². The van der Waals surface area contributed by atoms with Gasteiger partial charge in [0.15, 0.2) is 0 Å². The third-order valence-electron chi connectivity index (χ3n) is 3.58. The highest BCUT2D eigenvalue weighted by Crippen LogP contribution is 2.28.